The second kappa shape index (κ2) is 6.24. The lowest BCUT2D eigenvalue weighted by atomic mass is 10.2. The van der Waals surface area contributed by atoms with Crippen LogP contribution in [0.25, 0.3) is 0 Å². The monoisotopic (exact) mass is 269 g/mol. The van der Waals surface area contributed by atoms with Crippen LogP contribution in [0.15, 0.2) is 48.5 Å². The maximum absolute atomic E-state index is 12.2. The van der Waals surface area contributed by atoms with Crippen molar-refractivity contribution in [3.63, 3.8) is 0 Å². The van der Waals surface area contributed by atoms with E-state index in [1.165, 1.54) is 0 Å². The Kier molecular flexibility index (Phi) is 4.41. The lowest BCUT2D eigenvalue weighted by Gasteiger charge is -2.11. The molecule has 0 aliphatic carbocycles. The van der Waals surface area contributed by atoms with Crippen molar-refractivity contribution in [1.82, 2.24) is 0 Å². The molecule has 3 nitrogen and oxygen atoms in total. The van der Waals surface area contributed by atoms with E-state index in [1.54, 1.807) is 12.1 Å². The molecule has 0 bridgehead atoms. The molecule has 0 unspecified atom stereocenters. The van der Waals surface area contributed by atoms with Crippen LogP contribution in [0, 0.1) is 6.92 Å². The van der Waals surface area contributed by atoms with Gasteiger partial charge in [-0.15, -0.1) is 0 Å². The summed E-state index contributed by atoms with van der Waals surface area (Å²) < 4.78 is 5.59. The summed E-state index contributed by atoms with van der Waals surface area (Å²) in [4.78, 5) is 12.2. The van der Waals surface area contributed by atoms with Crippen LogP contribution < -0.4 is 10.1 Å². The number of aryl methyl sites for hydroxylation is 1. The van der Waals surface area contributed by atoms with Gasteiger partial charge >= 0.3 is 0 Å². The molecule has 0 atom stereocenters. The van der Waals surface area contributed by atoms with Crippen LogP contribution in [0.1, 0.15) is 29.8 Å². The van der Waals surface area contributed by atoms with Crippen LogP contribution >= 0.6 is 0 Å². The number of anilines is 1. The molecule has 0 heterocycles. The van der Waals surface area contributed by atoms with Gasteiger partial charge in [0.1, 0.15) is 5.75 Å². The number of benzene rings is 2. The van der Waals surface area contributed by atoms with Crippen LogP contribution in [-0.2, 0) is 0 Å². The Morgan fingerprint density at radius 2 is 1.85 bits per heavy atom. The van der Waals surface area contributed by atoms with E-state index in [1.807, 2.05) is 57.2 Å². The minimum Gasteiger partial charge on any atom is -0.491 e. The van der Waals surface area contributed by atoms with Crippen molar-refractivity contribution >= 4 is 11.6 Å². The molecule has 104 valence electrons. The first-order valence-corrected chi connectivity index (χ1v) is 6.69. The van der Waals surface area contributed by atoms with Gasteiger partial charge < -0.3 is 10.1 Å². The second-order valence-corrected chi connectivity index (χ2v) is 5.02. The standard InChI is InChI=1S/C17H19NO2/c1-12(2)20-16-9-5-7-14(11-16)17(19)18-15-8-4-6-13(3)10-15/h4-12H,1-3H3,(H,18,19). The molecule has 0 aliphatic rings. The van der Waals surface area contributed by atoms with Crippen molar-refractivity contribution in [2.75, 3.05) is 5.32 Å². The zero-order valence-corrected chi connectivity index (χ0v) is 12.0. The summed E-state index contributed by atoms with van der Waals surface area (Å²) in [6.45, 7) is 5.91. The van der Waals surface area contributed by atoms with Crippen LogP contribution in [-0.4, -0.2) is 12.0 Å². The lowest BCUT2D eigenvalue weighted by Crippen LogP contribution is -2.12. The topological polar surface area (TPSA) is 38.3 Å². The van der Waals surface area contributed by atoms with E-state index in [9.17, 15) is 4.79 Å². The molecule has 1 N–H and O–H groups in total. The van der Waals surface area contributed by atoms with Crippen molar-refractivity contribution in [1.29, 1.82) is 0 Å². The molecule has 0 radical (unpaired) electrons. The number of hydrogen-bond acceptors (Lipinski definition) is 2. The van der Waals surface area contributed by atoms with Crippen molar-refractivity contribution in [3.05, 3.63) is 59.7 Å². The van der Waals surface area contributed by atoms with Gasteiger partial charge in [-0.05, 0) is 56.7 Å². The van der Waals surface area contributed by atoms with E-state index < -0.39 is 0 Å². The Hall–Kier alpha value is -2.29. The first-order chi connectivity index (χ1) is 9.54. The molecule has 2 aromatic rings. The molecule has 1 amide bonds. The lowest BCUT2D eigenvalue weighted by molar-refractivity contribution is 0.102. The predicted molar refractivity (Wildman–Crippen MR) is 81.3 cm³/mol. The highest BCUT2D eigenvalue weighted by Gasteiger charge is 2.08. The Morgan fingerprint density at radius 3 is 2.55 bits per heavy atom. The molecule has 0 spiro atoms. The molecular formula is C17H19NO2. The summed E-state index contributed by atoms with van der Waals surface area (Å²) in [5, 5.41) is 2.89. The van der Waals surface area contributed by atoms with Gasteiger partial charge in [0.15, 0.2) is 0 Å². The summed E-state index contributed by atoms with van der Waals surface area (Å²) in [7, 11) is 0. The molecule has 0 fully saturated rings. The zero-order chi connectivity index (χ0) is 14.5. The number of hydrogen-bond donors (Lipinski definition) is 1. The van der Waals surface area contributed by atoms with Crippen molar-refractivity contribution in [2.24, 2.45) is 0 Å². The Bertz CT molecular complexity index is 605. The van der Waals surface area contributed by atoms with Crippen LogP contribution in [0.3, 0.4) is 0 Å². The minimum atomic E-state index is -0.134. The Morgan fingerprint density at radius 1 is 1.10 bits per heavy atom. The van der Waals surface area contributed by atoms with Crippen LogP contribution in [0.4, 0.5) is 5.69 Å². The summed E-state index contributed by atoms with van der Waals surface area (Å²) in [5.41, 5.74) is 2.49. The highest BCUT2D eigenvalue weighted by molar-refractivity contribution is 6.04. The summed E-state index contributed by atoms with van der Waals surface area (Å²) in [6, 6.07) is 14.9. The third kappa shape index (κ3) is 3.85. The quantitative estimate of drug-likeness (QED) is 0.909. The maximum Gasteiger partial charge on any atom is 0.255 e. The minimum absolute atomic E-state index is 0.0880. The van der Waals surface area contributed by atoms with Gasteiger partial charge in [-0.2, -0.15) is 0 Å². The average molecular weight is 269 g/mol. The molecule has 0 aliphatic heterocycles. The third-order valence-corrected chi connectivity index (χ3v) is 2.74. The van der Waals surface area contributed by atoms with Crippen LogP contribution in [0.2, 0.25) is 0 Å². The van der Waals surface area contributed by atoms with Gasteiger partial charge in [0.25, 0.3) is 5.91 Å². The molecule has 0 saturated carbocycles. The van der Waals surface area contributed by atoms with Gasteiger partial charge in [0.2, 0.25) is 0 Å². The van der Waals surface area contributed by atoms with Gasteiger partial charge in [-0.3, -0.25) is 4.79 Å². The number of carbonyl (C=O) groups excluding carboxylic acids is 1. The molecule has 2 aromatic carbocycles. The highest BCUT2D eigenvalue weighted by Crippen LogP contribution is 2.17. The van der Waals surface area contributed by atoms with Crippen LogP contribution in [0.5, 0.6) is 5.75 Å². The van der Waals surface area contributed by atoms with E-state index in [2.05, 4.69) is 5.32 Å². The molecule has 3 heteroatoms. The van der Waals surface area contributed by atoms with E-state index in [0.29, 0.717) is 11.3 Å². The second-order valence-electron chi connectivity index (χ2n) is 5.02. The number of carbonyl (C=O) groups is 1. The first kappa shape index (κ1) is 14.1. The van der Waals surface area contributed by atoms with Gasteiger partial charge in [0.05, 0.1) is 6.10 Å². The number of rotatable bonds is 4. The fraction of sp³-hybridized carbons (Fsp3) is 0.235. The predicted octanol–water partition coefficient (Wildman–Crippen LogP) is 4.03. The molecule has 0 aromatic heterocycles. The number of nitrogens with one attached hydrogen (secondary N) is 1. The Labute approximate surface area is 119 Å². The van der Waals surface area contributed by atoms with E-state index in [0.717, 1.165) is 11.3 Å². The molecule has 2 rings (SSSR count). The van der Waals surface area contributed by atoms with Gasteiger partial charge in [0, 0.05) is 11.3 Å². The largest absolute Gasteiger partial charge is 0.491 e. The Balaban J connectivity index is 2.13. The number of ether oxygens (including phenoxy) is 1. The molecular weight excluding hydrogens is 250 g/mol. The SMILES string of the molecule is Cc1cccc(NC(=O)c2cccc(OC(C)C)c2)c1. The molecule has 20 heavy (non-hydrogen) atoms. The van der Waals surface area contributed by atoms with Crippen molar-refractivity contribution < 1.29 is 9.53 Å². The maximum atomic E-state index is 12.2. The smallest absolute Gasteiger partial charge is 0.255 e. The van der Waals surface area contributed by atoms with E-state index in [4.69, 9.17) is 4.74 Å². The number of amides is 1. The van der Waals surface area contributed by atoms with Gasteiger partial charge in [-0.25, -0.2) is 0 Å². The summed E-state index contributed by atoms with van der Waals surface area (Å²) in [6.07, 6.45) is 0.0880. The fourth-order valence-electron chi connectivity index (χ4n) is 1.91. The zero-order valence-electron chi connectivity index (χ0n) is 12.0. The summed E-state index contributed by atoms with van der Waals surface area (Å²) in [5.74, 6) is 0.571. The van der Waals surface area contributed by atoms with Crippen molar-refractivity contribution in [3.8, 4) is 5.75 Å². The van der Waals surface area contributed by atoms with Crippen molar-refractivity contribution in [2.45, 2.75) is 26.9 Å². The normalized spacial score (nSPS) is 10.4. The fourth-order valence-corrected chi connectivity index (χ4v) is 1.91. The van der Waals surface area contributed by atoms with Gasteiger partial charge in [-0.1, -0.05) is 18.2 Å². The highest BCUT2D eigenvalue weighted by atomic mass is 16.5. The first-order valence-electron chi connectivity index (χ1n) is 6.69. The third-order valence-electron chi connectivity index (χ3n) is 2.74. The molecule has 0 saturated heterocycles. The summed E-state index contributed by atoms with van der Waals surface area (Å²) >= 11 is 0. The van der Waals surface area contributed by atoms with E-state index >= 15 is 0 Å². The average Bonchev–Trinajstić information content (AvgIpc) is 2.38. The van der Waals surface area contributed by atoms with E-state index in [-0.39, 0.29) is 12.0 Å².